The van der Waals surface area contributed by atoms with Crippen molar-refractivity contribution >= 4 is 5.78 Å². The molecule has 0 saturated heterocycles. The van der Waals surface area contributed by atoms with E-state index in [9.17, 15) is 4.79 Å². The predicted molar refractivity (Wildman–Crippen MR) is 67.7 cm³/mol. The van der Waals surface area contributed by atoms with Crippen molar-refractivity contribution in [3.63, 3.8) is 0 Å². The van der Waals surface area contributed by atoms with Crippen molar-refractivity contribution in [3.8, 4) is 0 Å². The van der Waals surface area contributed by atoms with E-state index < -0.39 is 0 Å². The zero-order valence-corrected chi connectivity index (χ0v) is 11.1. The van der Waals surface area contributed by atoms with Gasteiger partial charge in [0.15, 0.2) is 0 Å². The molecule has 0 aromatic carbocycles. The molecule has 0 spiro atoms. The van der Waals surface area contributed by atoms with Crippen LogP contribution in [0.3, 0.4) is 0 Å². The third kappa shape index (κ3) is 2.97. The number of ketones is 1. The molecule has 0 radical (unpaired) electrons. The fraction of sp³-hybridized carbons (Fsp3) is 0.643. The van der Waals surface area contributed by atoms with E-state index in [0.29, 0.717) is 12.2 Å². The standard InChI is InChI=1S/C14H23NO/c1-11-8-9-13(15(11)5)14(3,4)10-6-7-12(2)16/h8-9H,6-7,10H2,1-5H3. The van der Waals surface area contributed by atoms with Gasteiger partial charge in [0, 0.05) is 30.3 Å². The lowest BCUT2D eigenvalue weighted by Crippen LogP contribution is -2.21. The second-order valence-corrected chi connectivity index (χ2v) is 5.36. The van der Waals surface area contributed by atoms with Crippen LogP contribution in [-0.2, 0) is 17.3 Å². The Labute approximate surface area is 98.7 Å². The minimum absolute atomic E-state index is 0.151. The quantitative estimate of drug-likeness (QED) is 0.747. The fourth-order valence-corrected chi connectivity index (χ4v) is 2.20. The highest BCUT2D eigenvalue weighted by Crippen LogP contribution is 2.29. The number of carbonyl (C=O) groups is 1. The van der Waals surface area contributed by atoms with Crippen LogP contribution in [0.15, 0.2) is 12.1 Å². The van der Waals surface area contributed by atoms with E-state index in [1.54, 1.807) is 6.92 Å². The van der Waals surface area contributed by atoms with E-state index in [-0.39, 0.29) is 5.41 Å². The summed E-state index contributed by atoms with van der Waals surface area (Å²) in [5, 5.41) is 0. The molecular weight excluding hydrogens is 198 g/mol. The monoisotopic (exact) mass is 221 g/mol. The lowest BCUT2D eigenvalue weighted by molar-refractivity contribution is -0.117. The first-order valence-corrected chi connectivity index (χ1v) is 5.97. The predicted octanol–water partition coefficient (Wildman–Crippen LogP) is 3.37. The summed E-state index contributed by atoms with van der Waals surface area (Å²) in [6.07, 6.45) is 2.74. The Balaban J connectivity index is 2.70. The number of Topliss-reactive ketones (excluding diaryl/α,β-unsaturated/α-hetero) is 1. The molecule has 16 heavy (non-hydrogen) atoms. The van der Waals surface area contributed by atoms with Crippen molar-refractivity contribution in [3.05, 3.63) is 23.5 Å². The summed E-state index contributed by atoms with van der Waals surface area (Å²) >= 11 is 0. The van der Waals surface area contributed by atoms with Crippen LogP contribution in [0.1, 0.15) is 51.4 Å². The van der Waals surface area contributed by atoms with Gasteiger partial charge in [-0.3, -0.25) is 0 Å². The van der Waals surface area contributed by atoms with Gasteiger partial charge in [0.25, 0.3) is 0 Å². The number of aryl methyl sites for hydroxylation is 1. The first kappa shape index (κ1) is 13.0. The molecule has 1 aromatic heterocycles. The summed E-state index contributed by atoms with van der Waals surface area (Å²) in [5.74, 6) is 0.291. The van der Waals surface area contributed by atoms with Crippen molar-refractivity contribution in [1.29, 1.82) is 0 Å². The molecule has 2 nitrogen and oxygen atoms in total. The number of hydrogen-bond acceptors (Lipinski definition) is 1. The molecule has 0 aliphatic carbocycles. The number of carbonyl (C=O) groups excluding carboxylic acids is 1. The molecule has 0 saturated carbocycles. The van der Waals surface area contributed by atoms with Gasteiger partial charge >= 0.3 is 0 Å². The molecule has 0 aliphatic heterocycles. The maximum Gasteiger partial charge on any atom is 0.129 e. The van der Waals surface area contributed by atoms with Gasteiger partial charge in [-0.05, 0) is 38.8 Å². The van der Waals surface area contributed by atoms with Crippen LogP contribution in [-0.4, -0.2) is 10.4 Å². The topological polar surface area (TPSA) is 22.0 Å². The molecule has 1 rings (SSSR count). The first-order chi connectivity index (χ1) is 7.34. The van der Waals surface area contributed by atoms with Gasteiger partial charge < -0.3 is 9.36 Å². The summed E-state index contributed by atoms with van der Waals surface area (Å²) in [4.78, 5) is 10.9. The van der Waals surface area contributed by atoms with E-state index in [2.05, 4.69) is 44.5 Å². The van der Waals surface area contributed by atoms with Crippen molar-refractivity contribution in [2.45, 2.75) is 52.4 Å². The third-order valence-corrected chi connectivity index (χ3v) is 3.40. The van der Waals surface area contributed by atoms with Crippen LogP contribution in [0.25, 0.3) is 0 Å². The number of aromatic nitrogens is 1. The van der Waals surface area contributed by atoms with Crippen LogP contribution in [0.2, 0.25) is 0 Å². The first-order valence-electron chi connectivity index (χ1n) is 5.97. The SMILES string of the molecule is CC(=O)CCCC(C)(C)c1ccc(C)n1C. The Kier molecular flexibility index (Phi) is 3.95. The van der Waals surface area contributed by atoms with E-state index in [0.717, 1.165) is 12.8 Å². The van der Waals surface area contributed by atoms with Gasteiger partial charge in [0.2, 0.25) is 0 Å². The van der Waals surface area contributed by atoms with Gasteiger partial charge in [-0.2, -0.15) is 0 Å². The highest BCUT2D eigenvalue weighted by atomic mass is 16.1. The van der Waals surface area contributed by atoms with Gasteiger partial charge in [-0.25, -0.2) is 0 Å². The Morgan fingerprint density at radius 3 is 2.44 bits per heavy atom. The maximum atomic E-state index is 10.9. The minimum atomic E-state index is 0.151. The number of nitrogens with zero attached hydrogens (tertiary/aromatic N) is 1. The summed E-state index contributed by atoms with van der Waals surface area (Å²) in [5.41, 5.74) is 2.79. The van der Waals surface area contributed by atoms with Crippen molar-refractivity contribution in [1.82, 2.24) is 4.57 Å². The zero-order valence-electron chi connectivity index (χ0n) is 11.1. The van der Waals surface area contributed by atoms with E-state index in [4.69, 9.17) is 0 Å². The summed E-state index contributed by atoms with van der Waals surface area (Å²) in [7, 11) is 2.11. The number of rotatable bonds is 5. The van der Waals surface area contributed by atoms with Crippen LogP contribution in [0.4, 0.5) is 0 Å². The van der Waals surface area contributed by atoms with Crippen LogP contribution in [0, 0.1) is 6.92 Å². The summed E-state index contributed by atoms with van der Waals surface area (Å²) in [6.45, 7) is 8.29. The van der Waals surface area contributed by atoms with Crippen LogP contribution in [0.5, 0.6) is 0 Å². The Hall–Kier alpha value is -1.05. The highest BCUT2D eigenvalue weighted by Gasteiger charge is 2.23. The van der Waals surface area contributed by atoms with Crippen molar-refractivity contribution in [2.75, 3.05) is 0 Å². The van der Waals surface area contributed by atoms with Crippen LogP contribution >= 0.6 is 0 Å². The molecule has 90 valence electrons. The molecule has 0 atom stereocenters. The van der Waals surface area contributed by atoms with E-state index in [1.165, 1.54) is 11.4 Å². The maximum absolute atomic E-state index is 10.9. The smallest absolute Gasteiger partial charge is 0.129 e. The summed E-state index contributed by atoms with van der Waals surface area (Å²) < 4.78 is 2.24. The van der Waals surface area contributed by atoms with Crippen LogP contribution < -0.4 is 0 Å². The molecule has 0 amide bonds. The molecule has 1 heterocycles. The van der Waals surface area contributed by atoms with Crippen molar-refractivity contribution < 1.29 is 4.79 Å². The Morgan fingerprint density at radius 2 is 2.00 bits per heavy atom. The molecule has 0 bridgehead atoms. The third-order valence-electron chi connectivity index (χ3n) is 3.40. The second-order valence-electron chi connectivity index (χ2n) is 5.36. The molecule has 0 aliphatic rings. The van der Waals surface area contributed by atoms with Gasteiger partial charge in [0.1, 0.15) is 5.78 Å². The van der Waals surface area contributed by atoms with Gasteiger partial charge in [0.05, 0.1) is 0 Å². The number of hydrogen-bond donors (Lipinski definition) is 0. The molecular formula is C14H23NO. The normalized spacial score (nSPS) is 11.8. The van der Waals surface area contributed by atoms with E-state index in [1.807, 2.05) is 0 Å². The zero-order chi connectivity index (χ0) is 12.3. The summed E-state index contributed by atoms with van der Waals surface area (Å²) in [6, 6.07) is 4.35. The molecule has 1 aromatic rings. The molecule has 0 fully saturated rings. The largest absolute Gasteiger partial charge is 0.351 e. The van der Waals surface area contributed by atoms with Gasteiger partial charge in [-0.1, -0.05) is 13.8 Å². The van der Waals surface area contributed by atoms with E-state index >= 15 is 0 Å². The minimum Gasteiger partial charge on any atom is -0.351 e. The molecule has 0 unspecified atom stereocenters. The highest BCUT2D eigenvalue weighted by molar-refractivity contribution is 5.75. The lowest BCUT2D eigenvalue weighted by atomic mass is 9.83. The Morgan fingerprint density at radius 1 is 1.38 bits per heavy atom. The van der Waals surface area contributed by atoms with Gasteiger partial charge in [-0.15, -0.1) is 0 Å². The average molecular weight is 221 g/mol. The Bertz CT molecular complexity index is 374. The molecule has 0 N–H and O–H groups in total. The van der Waals surface area contributed by atoms with Crippen molar-refractivity contribution in [2.24, 2.45) is 7.05 Å². The lowest BCUT2D eigenvalue weighted by Gasteiger charge is -2.26. The second kappa shape index (κ2) is 4.86. The fourth-order valence-electron chi connectivity index (χ4n) is 2.20. The molecule has 2 heteroatoms. The average Bonchev–Trinajstić information content (AvgIpc) is 2.47.